The summed E-state index contributed by atoms with van der Waals surface area (Å²) in [7, 11) is 0. The summed E-state index contributed by atoms with van der Waals surface area (Å²) in [4.78, 5) is 1.47. The molecule has 0 fully saturated rings. The highest BCUT2D eigenvalue weighted by atomic mass is 32.1. The Labute approximate surface area is 91.5 Å². The van der Waals surface area contributed by atoms with Gasteiger partial charge in [0.05, 0.1) is 0 Å². The Morgan fingerprint density at radius 3 is 2.57 bits per heavy atom. The fraction of sp³-hybridized carbons (Fsp3) is 0.667. The van der Waals surface area contributed by atoms with Gasteiger partial charge in [0.2, 0.25) is 0 Å². The van der Waals surface area contributed by atoms with E-state index in [9.17, 15) is 0 Å². The van der Waals surface area contributed by atoms with Crippen molar-refractivity contribution in [1.82, 2.24) is 5.32 Å². The van der Waals surface area contributed by atoms with Gasteiger partial charge in [-0.2, -0.15) is 0 Å². The number of nitrogens with one attached hydrogen (secondary N) is 1. The molecule has 0 aliphatic carbocycles. The molecule has 1 aromatic rings. The molecule has 2 heteroatoms. The molecular formula is C12H21NS. The zero-order valence-corrected chi connectivity index (χ0v) is 10.4. The molecule has 0 saturated heterocycles. The molecule has 14 heavy (non-hydrogen) atoms. The van der Waals surface area contributed by atoms with Crippen LogP contribution in [0.25, 0.3) is 0 Å². The van der Waals surface area contributed by atoms with Gasteiger partial charge in [0.1, 0.15) is 0 Å². The van der Waals surface area contributed by atoms with Crippen LogP contribution in [0, 0.1) is 12.8 Å². The van der Waals surface area contributed by atoms with E-state index in [0.717, 1.165) is 12.5 Å². The Bertz CT molecular complexity index is 265. The second-order valence-corrected chi connectivity index (χ2v) is 5.44. The molecule has 0 aromatic carbocycles. The van der Waals surface area contributed by atoms with Crippen molar-refractivity contribution >= 4 is 11.3 Å². The maximum atomic E-state index is 3.57. The Balaban J connectivity index is 2.30. The molecule has 1 nitrogen and oxygen atoms in total. The lowest BCUT2D eigenvalue weighted by Crippen LogP contribution is -2.26. The summed E-state index contributed by atoms with van der Waals surface area (Å²) < 4.78 is 0. The van der Waals surface area contributed by atoms with Gasteiger partial charge in [0, 0.05) is 17.5 Å². The Kier molecular flexibility index (Phi) is 4.63. The lowest BCUT2D eigenvalue weighted by atomic mass is 10.1. The van der Waals surface area contributed by atoms with E-state index in [1.165, 1.54) is 16.9 Å². The molecule has 1 atom stereocenters. The van der Waals surface area contributed by atoms with Crippen molar-refractivity contribution in [3.05, 3.63) is 21.9 Å². The second-order valence-electron chi connectivity index (χ2n) is 4.44. The van der Waals surface area contributed by atoms with Gasteiger partial charge in [-0.15, -0.1) is 11.3 Å². The summed E-state index contributed by atoms with van der Waals surface area (Å²) >= 11 is 1.85. The standard InChI is InChI=1S/C12H21NS/c1-9(2)7-11(4)13-8-12-10(3)5-6-14-12/h5-6,9,11,13H,7-8H2,1-4H3/t11-/m0/s1. The third-order valence-electron chi connectivity index (χ3n) is 2.40. The predicted octanol–water partition coefficient (Wildman–Crippen LogP) is 3.58. The van der Waals surface area contributed by atoms with Crippen LogP contribution in [0.15, 0.2) is 11.4 Å². The first-order valence-electron chi connectivity index (χ1n) is 5.36. The van der Waals surface area contributed by atoms with Crippen LogP contribution >= 0.6 is 11.3 Å². The minimum absolute atomic E-state index is 0.622. The Morgan fingerprint density at radius 2 is 2.07 bits per heavy atom. The molecule has 1 rings (SSSR count). The van der Waals surface area contributed by atoms with Gasteiger partial charge < -0.3 is 5.32 Å². The summed E-state index contributed by atoms with van der Waals surface area (Å²) in [6.45, 7) is 10.0. The molecule has 80 valence electrons. The van der Waals surface area contributed by atoms with Gasteiger partial charge in [-0.3, -0.25) is 0 Å². The van der Waals surface area contributed by atoms with Crippen LogP contribution in [-0.2, 0) is 6.54 Å². The smallest absolute Gasteiger partial charge is 0.0304 e. The van der Waals surface area contributed by atoms with E-state index >= 15 is 0 Å². The zero-order chi connectivity index (χ0) is 10.6. The van der Waals surface area contributed by atoms with Crippen molar-refractivity contribution in [2.75, 3.05) is 0 Å². The van der Waals surface area contributed by atoms with E-state index in [0.29, 0.717) is 6.04 Å². The predicted molar refractivity (Wildman–Crippen MR) is 64.8 cm³/mol. The highest BCUT2D eigenvalue weighted by molar-refractivity contribution is 7.10. The molecular weight excluding hydrogens is 190 g/mol. The lowest BCUT2D eigenvalue weighted by Gasteiger charge is -2.15. The van der Waals surface area contributed by atoms with Gasteiger partial charge in [-0.1, -0.05) is 13.8 Å². The van der Waals surface area contributed by atoms with E-state index in [1.807, 2.05) is 11.3 Å². The molecule has 0 spiro atoms. The molecule has 0 aliphatic rings. The van der Waals surface area contributed by atoms with Crippen molar-refractivity contribution in [3.63, 3.8) is 0 Å². The van der Waals surface area contributed by atoms with Crippen LogP contribution in [0.3, 0.4) is 0 Å². The van der Waals surface area contributed by atoms with Crippen molar-refractivity contribution in [2.24, 2.45) is 5.92 Å². The third-order valence-corrected chi connectivity index (χ3v) is 3.43. The van der Waals surface area contributed by atoms with E-state index in [4.69, 9.17) is 0 Å². The average molecular weight is 211 g/mol. The minimum Gasteiger partial charge on any atom is -0.309 e. The zero-order valence-electron chi connectivity index (χ0n) is 9.63. The summed E-state index contributed by atoms with van der Waals surface area (Å²) in [6.07, 6.45) is 1.25. The monoisotopic (exact) mass is 211 g/mol. The van der Waals surface area contributed by atoms with Gasteiger partial charge in [0.15, 0.2) is 0 Å². The molecule has 0 unspecified atom stereocenters. The normalized spacial score (nSPS) is 13.5. The number of rotatable bonds is 5. The number of aryl methyl sites for hydroxylation is 1. The molecule has 1 N–H and O–H groups in total. The van der Waals surface area contributed by atoms with Crippen LogP contribution in [0.2, 0.25) is 0 Å². The largest absolute Gasteiger partial charge is 0.309 e. The van der Waals surface area contributed by atoms with Crippen molar-refractivity contribution in [1.29, 1.82) is 0 Å². The van der Waals surface area contributed by atoms with E-state index in [-0.39, 0.29) is 0 Å². The van der Waals surface area contributed by atoms with Gasteiger partial charge in [-0.05, 0) is 43.2 Å². The average Bonchev–Trinajstić information content (AvgIpc) is 2.46. The summed E-state index contributed by atoms with van der Waals surface area (Å²) in [5, 5.41) is 5.73. The maximum absolute atomic E-state index is 3.57. The first-order chi connectivity index (χ1) is 6.59. The van der Waals surface area contributed by atoms with Crippen molar-refractivity contribution in [3.8, 4) is 0 Å². The highest BCUT2D eigenvalue weighted by Gasteiger charge is 2.05. The van der Waals surface area contributed by atoms with E-state index in [2.05, 4.69) is 44.5 Å². The maximum Gasteiger partial charge on any atom is 0.0304 e. The molecule has 0 radical (unpaired) electrons. The van der Waals surface area contributed by atoms with E-state index < -0.39 is 0 Å². The molecule has 1 aromatic heterocycles. The highest BCUT2D eigenvalue weighted by Crippen LogP contribution is 2.15. The van der Waals surface area contributed by atoms with Gasteiger partial charge in [-0.25, -0.2) is 0 Å². The topological polar surface area (TPSA) is 12.0 Å². The second kappa shape index (κ2) is 5.52. The SMILES string of the molecule is Cc1ccsc1CN[C@@H](C)CC(C)C. The lowest BCUT2D eigenvalue weighted by molar-refractivity contribution is 0.442. The number of hydrogen-bond donors (Lipinski definition) is 1. The van der Waals surface area contributed by atoms with Gasteiger partial charge >= 0.3 is 0 Å². The number of hydrogen-bond acceptors (Lipinski definition) is 2. The summed E-state index contributed by atoms with van der Waals surface area (Å²) in [6, 6.07) is 2.81. The quantitative estimate of drug-likeness (QED) is 0.785. The van der Waals surface area contributed by atoms with Crippen LogP contribution in [-0.4, -0.2) is 6.04 Å². The van der Waals surface area contributed by atoms with Gasteiger partial charge in [0.25, 0.3) is 0 Å². The Morgan fingerprint density at radius 1 is 1.36 bits per heavy atom. The molecule has 0 bridgehead atoms. The van der Waals surface area contributed by atoms with Crippen molar-refractivity contribution in [2.45, 2.75) is 46.7 Å². The molecule has 0 aliphatic heterocycles. The van der Waals surface area contributed by atoms with Crippen LogP contribution in [0.1, 0.15) is 37.6 Å². The van der Waals surface area contributed by atoms with E-state index in [1.54, 1.807) is 0 Å². The first kappa shape index (κ1) is 11.7. The molecule has 0 amide bonds. The number of thiophene rings is 1. The third kappa shape index (κ3) is 3.81. The summed E-state index contributed by atoms with van der Waals surface area (Å²) in [5.74, 6) is 0.780. The van der Waals surface area contributed by atoms with Crippen molar-refractivity contribution < 1.29 is 0 Å². The van der Waals surface area contributed by atoms with Crippen LogP contribution in [0.5, 0.6) is 0 Å². The minimum atomic E-state index is 0.622. The van der Waals surface area contributed by atoms with Crippen LogP contribution < -0.4 is 5.32 Å². The fourth-order valence-electron chi connectivity index (χ4n) is 1.64. The first-order valence-corrected chi connectivity index (χ1v) is 6.24. The van der Waals surface area contributed by atoms with Crippen LogP contribution in [0.4, 0.5) is 0 Å². The summed E-state index contributed by atoms with van der Waals surface area (Å²) in [5.41, 5.74) is 1.42. The Hall–Kier alpha value is -0.340. The molecule has 1 heterocycles. The fourth-order valence-corrected chi connectivity index (χ4v) is 2.50. The molecule has 0 saturated carbocycles.